The van der Waals surface area contributed by atoms with Crippen LogP contribution in [0.2, 0.25) is 0 Å². The molecule has 17 heteroatoms. The Morgan fingerprint density at radius 2 is 1.12 bits per heavy atom. The molecule has 0 aliphatic carbocycles. The fraction of sp³-hybridized carbons (Fsp3) is 0.742. The highest BCUT2D eigenvalue weighted by molar-refractivity contribution is 5.90. The number of Topliss-reactive ketones (excluding diaryl/α,β-unsaturated/α-hetero) is 2. The zero-order valence-electron chi connectivity index (χ0n) is 29.1. The molecule has 17 nitrogen and oxygen atoms in total. The van der Waals surface area contributed by atoms with Crippen LogP contribution in [-0.2, 0) is 62.0 Å². The monoisotopic (exact) mass is 694 g/mol. The number of ketones is 2. The third-order valence-electron chi connectivity index (χ3n) is 6.25. The Bertz CT molecular complexity index is 1000. The number of hydrogen-bond donors (Lipinski definition) is 4. The third-order valence-corrected chi connectivity index (χ3v) is 6.25. The lowest BCUT2D eigenvalue weighted by atomic mass is 10.1. The summed E-state index contributed by atoms with van der Waals surface area (Å²) in [4.78, 5) is 86.9. The van der Waals surface area contributed by atoms with E-state index in [1.807, 2.05) is 13.8 Å². The number of rotatable bonds is 23. The molecule has 0 heterocycles. The van der Waals surface area contributed by atoms with Gasteiger partial charge in [0.25, 0.3) is 0 Å². The van der Waals surface area contributed by atoms with Gasteiger partial charge in [0.05, 0.1) is 76.7 Å². The van der Waals surface area contributed by atoms with Crippen molar-refractivity contribution in [2.75, 3.05) is 46.8 Å². The summed E-state index contributed by atoms with van der Waals surface area (Å²) in [6, 6.07) is -1.75. The summed E-state index contributed by atoms with van der Waals surface area (Å²) in [6.45, 7) is 10.9. The summed E-state index contributed by atoms with van der Waals surface area (Å²) in [7, 11) is 1.26. The van der Waals surface area contributed by atoms with Crippen LogP contribution in [0.3, 0.4) is 0 Å². The summed E-state index contributed by atoms with van der Waals surface area (Å²) in [5.74, 6) is -4.38. The van der Waals surface area contributed by atoms with Gasteiger partial charge in [-0.2, -0.15) is 0 Å². The Hall–Kier alpha value is -3.96. The molecule has 0 rings (SSSR count). The van der Waals surface area contributed by atoms with E-state index in [9.17, 15) is 38.4 Å². The zero-order chi connectivity index (χ0) is 37.7. The molecule has 5 N–H and O–H groups in total. The van der Waals surface area contributed by atoms with Crippen LogP contribution in [0.4, 0.5) is 0 Å². The maximum atomic E-state index is 11.6. The van der Waals surface area contributed by atoms with Crippen LogP contribution >= 0.6 is 0 Å². The van der Waals surface area contributed by atoms with Crippen molar-refractivity contribution in [3.8, 4) is 0 Å². The number of carboxylic acids is 2. The minimum absolute atomic E-state index is 0.0112. The van der Waals surface area contributed by atoms with Crippen molar-refractivity contribution >= 4 is 47.3 Å². The van der Waals surface area contributed by atoms with Crippen molar-refractivity contribution in [3.63, 3.8) is 0 Å². The SMILES string of the molecule is CCC(C)C(=O)OCCOCCC(=O)NC(CC(=O)O)C(C)=O.CCC(C)C(=O)OCCOCCC(=O)O.COC(=O)CC(N)C(C)=O. The standard InChI is InChI=1S/C15H25NO7.C10H18O5.C6H11NO3/c1-4-10(2)15(21)23-8-7-22-6-5-13(18)16-12(11(3)17)9-14(19)20;1-3-8(2)10(13)15-7-6-14-5-4-9(11)12;1-4(8)5(7)3-6(9)10-2/h10,12H,4-9H2,1-3H3,(H,16,18)(H,19,20);8H,3-7H2,1-2H3,(H,11,12);5H,3,7H2,1-2H3. The van der Waals surface area contributed by atoms with E-state index in [4.69, 9.17) is 34.9 Å². The van der Waals surface area contributed by atoms with E-state index in [1.54, 1.807) is 13.8 Å². The number of nitrogens with one attached hydrogen (secondary N) is 1. The van der Waals surface area contributed by atoms with Crippen molar-refractivity contribution in [2.45, 2.75) is 92.2 Å². The van der Waals surface area contributed by atoms with Crippen molar-refractivity contribution in [2.24, 2.45) is 17.6 Å². The first-order chi connectivity index (χ1) is 22.4. The van der Waals surface area contributed by atoms with Gasteiger partial charge in [0.15, 0.2) is 5.78 Å². The molecule has 4 atom stereocenters. The second-order valence-corrected chi connectivity index (χ2v) is 10.4. The first kappa shape index (κ1) is 48.4. The van der Waals surface area contributed by atoms with Gasteiger partial charge >= 0.3 is 29.8 Å². The number of amides is 1. The highest BCUT2D eigenvalue weighted by atomic mass is 16.6. The number of nitrogens with two attached hydrogens (primary N) is 1. The van der Waals surface area contributed by atoms with Crippen LogP contribution in [0.25, 0.3) is 0 Å². The Balaban J connectivity index is -0.000000693. The maximum absolute atomic E-state index is 11.6. The quantitative estimate of drug-likeness (QED) is 0.0662. The molecule has 0 spiro atoms. The fourth-order valence-corrected chi connectivity index (χ4v) is 2.69. The molecule has 0 aliphatic rings. The molecule has 48 heavy (non-hydrogen) atoms. The topological polar surface area (TPSA) is 261 Å². The highest BCUT2D eigenvalue weighted by Gasteiger charge is 2.20. The number of carbonyl (C=O) groups excluding carboxylic acids is 6. The van der Waals surface area contributed by atoms with Crippen LogP contribution in [0.1, 0.15) is 80.1 Å². The maximum Gasteiger partial charge on any atom is 0.308 e. The lowest BCUT2D eigenvalue weighted by Crippen LogP contribution is -2.41. The molecule has 278 valence electrons. The van der Waals surface area contributed by atoms with Gasteiger partial charge in [-0.05, 0) is 26.7 Å². The van der Waals surface area contributed by atoms with E-state index in [1.165, 1.54) is 21.0 Å². The molecule has 0 fully saturated rings. The largest absolute Gasteiger partial charge is 0.481 e. The predicted octanol–water partition coefficient (Wildman–Crippen LogP) is 1.06. The van der Waals surface area contributed by atoms with E-state index in [2.05, 4.69) is 10.1 Å². The molecule has 0 aliphatic heterocycles. The van der Waals surface area contributed by atoms with Crippen molar-refractivity contribution in [3.05, 3.63) is 0 Å². The lowest BCUT2D eigenvalue weighted by Gasteiger charge is -2.14. The molecule has 0 saturated heterocycles. The van der Waals surface area contributed by atoms with Crippen molar-refractivity contribution in [1.82, 2.24) is 5.32 Å². The zero-order valence-corrected chi connectivity index (χ0v) is 29.1. The van der Waals surface area contributed by atoms with E-state index >= 15 is 0 Å². The molecule has 0 aromatic carbocycles. The average Bonchev–Trinajstić information content (AvgIpc) is 3.02. The van der Waals surface area contributed by atoms with E-state index in [0.29, 0.717) is 6.42 Å². The number of methoxy groups -OCH3 is 1. The molecule has 1 amide bonds. The minimum atomic E-state index is -1.16. The number of ether oxygens (including phenoxy) is 5. The van der Waals surface area contributed by atoms with Crippen molar-refractivity contribution < 1.29 is 72.3 Å². The van der Waals surface area contributed by atoms with E-state index < -0.39 is 48.1 Å². The third kappa shape index (κ3) is 30.7. The minimum Gasteiger partial charge on any atom is -0.481 e. The lowest BCUT2D eigenvalue weighted by molar-refractivity contribution is -0.150. The first-order valence-electron chi connectivity index (χ1n) is 15.5. The van der Waals surface area contributed by atoms with Crippen LogP contribution in [-0.4, -0.2) is 116 Å². The van der Waals surface area contributed by atoms with Crippen LogP contribution in [0, 0.1) is 11.8 Å². The normalized spacial score (nSPS) is 12.6. The highest BCUT2D eigenvalue weighted by Crippen LogP contribution is 2.03. The van der Waals surface area contributed by atoms with Gasteiger partial charge in [0.1, 0.15) is 19.0 Å². The molecule has 0 aromatic heterocycles. The number of esters is 3. The van der Waals surface area contributed by atoms with Crippen LogP contribution in [0.15, 0.2) is 0 Å². The average molecular weight is 695 g/mol. The molecule has 0 saturated carbocycles. The van der Waals surface area contributed by atoms with Gasteiger partial charge in [0, 0.05) is 6.42 Å². The number of carboxylic acid groups (broad SMARTS) is 2. The van der Waals surface area contributed by atoms with E-state index in [-0.39, 0.29) is 88.5 Å². The Labute approximate surface area is 281 Å². The van der Waals surface area contributed by atoms with Gasteiger partial charge in [-0.15, -0.1) is 0 Å². The van der Waals surface area contributed by atoms with Gasteiger partial charge in [-0.1, -0.05) is 27.7 Å². The van der Waals surface area contributed by atoms with Crippen LogP contribution < -0.4 is 11.1 Å². The smallest absolute Gasteiger partial charge is 0.308 e. The number of hydrogen-bond acceptors (Lipinski definition) is 14. The van der Waals surface area contributed by atoms with Gasteiger partial charge in [0.2, 0.25) is 5.91 Å². The predicted molar refractivity (Wildman–Crippen MR) is 169 cm³/mol. The molecule has 4 unspecified atom stereocenters. The summed E-state index contributed by atoms with van der Waals surface area (Å²) in [6.07, 6.45) is 0.924. The Morgan fingerprint density at radius 3 is 1.48 bits per heavy atom. The van der Waals surface area contributed by atoms with Gasteiger partial charge in [-0.25, -0.2) is 0 Å². The molecular formula is C31H54N2O15. The first-order valence-corrected chi connectivity index (χ1v) is 15.5. The second-order valence-electron chi connectivity index (χ2n) is 10.4. The summed E-state index contributed by atoms with van der Waals surface area (Å²) in [5.41, 5.74) is 5.24. The Morgan fingerprint density at radius 1 is 0.667 bits per heavy atom. The molecule has 0 bridgehead atoms. The van der Waals surface area contributed by atoms with Crippen LogP contribution in [0.5, 0.6) is 0 Å². The molecule has 0 radical (unpaired) electrons. The fourth-order valence-electron chi connectivity index (χ4n) is 2.69. The summed E-state index contributed by atoms with van der Waals surface area (Å²) in [5, 5.41) is 19.3. The number of aliphatic carboxylic acids is 2. The summed E-state index contributed by atoms with van der Waals surface area (Å²) >= 11 is 0. The number of carbonyl (C=O) groups is 8. The Kier molecular flexibility index (Phi) is 30.7. The molecule has 0 aromatic rings. The van der Waals surface area contributed by atoms with Gasteiger partial charge < -0.3 is 44.9 Å². The summed E-state index contributed by atoms with van der Waals surface area (Å²) < 4.78 is 24.3. The molecular weight excluding hydrogens is 640 g/mol. The van der Waals surface area contributed by atoms with Crippen molar-refractivity contribution in [1.29, 1.82) is 0 Å². The second kappa shape index (κ2) is 30.4. The van der Waals surface area contributed by atoms with E-state index in [0.717, 1.165) is 6.42 Å². The van der Waals surface area contributed by atoms with Gasteiger partial charge in [-0.3, -0.25) is 38.4 Å².